The first kappa shape index (κ1) is 19.7. The van der Waals surface area contributed by atoms with E-state index < -0.39 is 17.7 Å². The van der Waals surface area contributed by atoms with E-state index in [1.165, 1.54) is 12.1 Å². The largest absolute Gasteiger partial charge is 0.480 e. The summed E-state index contributed by atoms with van der Waals surface area (Å²) in [5.74, 6) is -0.947. The third-order valence-electron chi connectivity index (χ3n) is 3.12. The molecular formula is C14H19ClF3NO2. The molecule has 0 saturated carbocycles. The number of aliphatic carboxylic acids is 1. The third-order valence-corrected chi connectivity index (χ3v) is 3.12. The standard InChI is InChI=1S/C14H18F3NO2.ClH/c1-3-8-18(9-13(19)20)10(2)11-4-6-12(7-5-11)14(15,16)17;/h4-7,10H,3,8-9H2,1-2H3,(H,19,20);1H. The molecule has 7 heteroatoms. The predicted octanol–water partition coefficient (Wildman–Crippen LogP) is 3.98. The van der Waals surface area contributed by atoms with E-state index in [4.69, 9.17) is 5.11 Å². The van der Waals surface area contributed by atoms with Crippen LogP contribution in [0.3, 0.4) is 0 Å². The Hall–Kier alpha value is -1.27. The second-order valence-electron chi connectivity index (χ2n) is 4.66. The number of hydrogen-bond acceptors (Lipinski definition) is 2. The molecule has 0 saturated heterocycles. The Labute approximate surface area is 128 Å². The van der Waals surface area contributed by atoms with Gasteiger partial charge in [-0.15, -0.1) is 12.4 Å². The number of nitrogens with zero attached hydrogens (tertiary/aromatic N) is 1. The molecule has 1 rings (SSSR count). The molecule has 0 aromatic heterocycles. The Morgan fingerprint density at radius 2 is 1.81 bits per heavy atom. The van der Waals surface area contributed by atoms with Crippen LogP contribution >= 0.6 is 12.4 Å². The van der Waals surface area contributed by atoms with Crippen molar-refractivity contribution >= 4 is 18.4 Å². The number of benzene rings is 1. The van der Waals surface area contributed by atoms with Crippen molar-refractivity contribution < 1.29 is 23.1 Å². The fourth-order valence-corrected chi connectivity index (χ4v) is 2.03. The van der Waals surface area contributed by atoms with Gasteiger partial charge in [-0.05, 0) is 37.6 Å². The van der Waals surface area contributed by atoms with E-state index in [0.717, 1.165) is 18.6 Å². The molecule has 0 aliphatic heterocycles. The van der Waals surface area contributed by atoms with Gasteiger partial charge >= 0.3 is 12.1 Å². The SMILES string of the molecule is CCCN(CC(=O)O)C(C)c1ccc(C(F)(F)F)cc1.Cl. The van der Waals surface area contributed by atoms with Crippen LogP contribution in [0.1, 0.15) is 37.4 Å². The first-order chi connectivity index (χ1) is 9.25. The Kier molecular flexibility index (Phi) is 7.74. The van der Waals surface area contributed by atoms with E-state index in [1.54, 1.807) is 11.8 Å². The molecule has 0 bridgehead atoms. The highest BCUT2D eigenvalue weighted by atomic mass is 35.5. The van der Waals surface area contributed by atoms with Crippen molar-refractivity contribution in [2.45, 2.75) is 32.5 Å². The summed E-state index contributed by atoms with van der Waals surface area (Å²) in [5, 5.41) is 8.87. The molecule has 1 aromatic rings. The van der Waals surface area contributed by atoms with Crippen LogP contribution in [0.15, 0.2) is 24.3 Å². The zero-order valence-corrected chi connectivity index (χ0v) is 12.7. The van der Waals surface area contributed by atoms with Crippen LogP contribution in [0.25, 0.3) is 0 Å². The van der Waals surface area contributed by atoms with Gasteiger partial charge in [0.2, 0.25) is 0 Å². The lowest BCUT2D eigenvalue weighted by atomic mass is 10.0. The van der Waals surface area contributed by atoms with Gasteiger partial charge in [-0.3, -0.25) is 9.69 Å². The smallest absolute Gasteiger partial charge is 0.416 e. The number of hydrogen-bond donors (Lipinski definition) is 1. The molecule has 1 unspecified atom stereocenters. The van der Waals surface area contributed by atoms with Crippen LogP contribution in [0.5, 0.6) is 0 Å². The molecule has 1 aromatic carbocycles. The van der Waals surface area contributed by atoms with Gasteiger partial charge in [0.1, 0.15) is 0 Å². The molecule has 0 fully saturated rings. The molecule has 0 heterocycles. The quantitative estimate of drug-likeness (QED) is 0.860. The van der Waals surface area contributed by atoms with Crippen molar-refractivity contribution in [3.8, 4) is 0 Å². The fourth-order valence-electron chi connectivity index (χ4n) is 2.03. The molecular weight excluding hydrogens is 307 g/mol. The maximum atomic E-state index is 12.5. The topological polar surface area (TPSA) is 40.5 Å². The maximum Gasteiger partial charge on any atom is 0.416 e. The van der Waals surface area contributed by atoms with Gasteiger partial charge < -0.3 is 5.11 Å². The summed E-state index contributed by atoms with van der Waals surface area (Å²) >= 11 is 0. The van der Waals surface area contributed by atoms with Crippen molar-refractivity contribution in [2.24, 2.45) is 0 Å². The number of carboxylic acids is 1. The first-order valence-electron chi connectivity index (χ1n) is 6.38. The highest BCUT2D eigenvalue weighted by molar-refractivity contribution is 5.85. The summed E-state index contributed by atoms with van der Waals surface area (Å²) in [6, 6.07) is 4.61. The summed E-state index contributed by atoms with van der Waals surface area (Å²) in [6.45, 7) is 4.17. The second kappa shape index (κ2) is 8.24. The van der Waals surface area contributed by atoms with Crippen LogP contribution in [0.4, 0.5) is 13.2 Å². The van der Waals surface area contributed by atoms with Gasteiger partial charge in [-0.2, -0.15) is 13.2 Å². The summed E-state index contributed by atoms with van der Waals surface area (Å²) in [7, 11) is 0. The van der Waals surface area contributed by atoms with Gasteiger partial charge in [-0.25, -0.2) is 0 Å². The van der Waals surface area contributed by atoms with Gasteiger partial charge in [0.05, 0.1) is 12.1 Å². The van der Waals surface area contributed by atoms with Crippen molar-refractivity contribution in [1.82, 2.24) is 4.90 Å². The molecule has 0 radical (unpaired) electrons. The molecule has 120 valence electrons. The zero-order valence-electron chi connectivity index (χ0n) is 11.9. The van der Waals surface area contributed by atoms with Crippen LogP contribution in [0, 0.1) is 0 Å². The fraction of sp³-hybridized carbons (Fsp3) is 0.500. The Morgan fingerprint density at radius 1 is 1.29 bits per heavy atom. The summed E-state index contributed by atoms with van der Waals surface area (Å²) in [4.78, 5) is 12.5. The number of halogens is 4. The van der Waals surface area contributed by atoms with Gasteiger partial charge in [0, 0.05) is 6.04 Å². The molecule has 0 amide bonds. The Balaban J connectivity index is 0.00000400. The van der Waals surface area contributed by atoms with E-state index >= 15 is 0 Å². The van der Waals surface area contributed by atoms with E-state index in [0.29, 0.717) is 12.1 Å². The minimum atomic E-state index is -4.36. The van der Waals surface area contributed by atoms with Crippen LogP contribution in [0.2, 0.25) is 0 Å². The van der Waals surface area contributed by atoms with Crippen LogP contribution in [-0.2, 0) is 11.0 Å². The lowest BCUT2D eigenvalue weighted by molar-refractivity contribution is -0.139. The van der Waals surface area contributed by atoms with E-state index in [-0.39, 0.29) is 25.0 Å². The number of carboxylic acid groups (broad SMARTS) is 1. The van der Waals surface area contributed by atoms with Crippen molar-refractivity contribution in [2.75, 3.05) is 13.1 Å². The van der Waals surface area contributed by atoms with E-state index in [9.17, 15) is 18.0 Å². The average Bonchev–Trinajstić information content (AvgIpc) is 2.36. The highest BCUT2D eigenvalue weighted by Gasteiger charge is 2.30. The minimum Gasteiger partial charge on any atom is -0.480 e. The molecule has 3 nitrogen and oxygen atoms in total. The van der Waals surface area contributed by atoms with Crippen LogP contribution in [-0.4, -0.2) is 29.1 Å². The molecule has 21 heavy (non-hydrogen) atoms. The maximum absolute atomic E-state index is 12.5. The summed E-state index contributed by atoms with van der Waals surface area (Å²) < 4.78 is 37.5. The minimum absolute atomic E-state index is 0. The lowest BCUT2D eigenvalue weighted by Crippen LogP contribution is -2.33. The third kappa shape index (κ3) is 5.93. The molecule has 1 atom stereocenters. The lowest BCUT2D eigenvalue weighted by Gasteiger charge is -2.27. The second-order valence-corrected chi connectivity index (χ2v) is 4.66. The predicted molar refractivity (Wildman–Crippen MR) is 76.6 cm³/mol. The van der Waals surface area contributed by atoms with Gasteiger partial charge in [-0.1, -0.05) is 19.1 Å². The molecule has 0 aliphatic carbocycles. The normalized spacial score (nSPS) is 12.9. The number of carbonyl (C=O) groups is 1. The van der Waals surface area contributed by atoms with E-state index in [2.05, 4.69) is 0 Å². The Morgan fingerprint density at radius 3 is 2.19 bits per heavy atom. The highest BCUT2D eigenvalue weighted by Crippen LogP contribution is 2.30. The molecule has 1 N–H and O–H groups in total. The molecule has 0 aliphatic rings. The average molecular weight is 326 g/mol. The number of rotatable bonds is 6. The van der Waals surface area contributed by atoms with Gasteiger partial charge in [0.15, 0.2) is 0 Å². The summed E-state index contributed by atoms with van der Waals surface area (Å²) in [6.07, 6.45) is -3.58. The molecule has 0 spiro atoms. The van der Waals surface area contributed by atoms with Crippen molar-refractivity contribution in [1.29, 1.82) is 0 Å². The van der Waals surface area contributed by atoms with Crippen molar-refractivity contribution in [3.63, 3.8) is 0 Å². The Bertz CT molecular complexity index is 449. The summed E-state index contributed by atoms with van der Waals surface area (Å²) in [5.41, 5.74) is -0.0265. The first-order valence-corrected chi connectivity index (χ1v) is 6.38. The van der Waals surface area contributed by atoms with Gasteiger partial charge in [0.25, 0.3) is 0 Å². The monoisotopic (exact) mass is 325 g/mol. The van der Waals surface area contributed by atoms with Crippen molar-refractivity contribution in [3.05, 3.63) is 35.4 Å². The van der Waals surface area contributed by atoms with E-state index in [1.807, 2.05) is 6.92 Å². The zero-order chi connectivity index (χ0) is 15.3. The van der Waals surface area contributed by atoms with Crippen LogP contribution < -0.4 is 0 Å². The number of alkyl halides is 3.